The average molecular weight is 368 g/mol. The summed E-state index contributed by atoms with van der Waals surface area (Å²) in [4.78, 5) is 14.2. The molecular weight excluding hydrogens is 338 g/mol. The van der Waals surface area contributed by atoms with Gasteiger partial charge in [-0.15, -0.1) is 0 Å². The van der Waals surface area contributed by atoms with Gasteiger partial charge in [0, 0.05) is 44.8 Å². The molecule has 0 atom stereocenters. The fourth-order valence-corrected chi connectivity index (χ4v) is 3.73. The maximum Gasteiger partial charge on any atom is 0.225 e. The van der Waals surface area contributed by atoms with E-state index in [0.717, 1.165) is 12.1 Å². The first-order chi connectivity index (χ1) is 11.9. The third-order valence-corrected chi connectivity index (χ3v) is 5.82. The van der Waals surface area contributed by atoms with Crippen molar-refractivity contribution in [3.8, 4) is 0 Å². The first-order valence-corrected chi connectivity index (χ1v) is 10.8. The molecule has 1 fully saturated rings. The van der Waals surface area contributed by atoms with Gasteiger partial charge in [0.15, 0.2) is 0 Å². The highest BCUT2D eigenvalue weighted by atomic mass is 32.2. The number of carbonyl (C=O) groups excluding carboxylic acids is 1. The smallest absolute Gasteiger partial charge is 0.225 e. The minimum Gasteiger partial charge on any atom is -0.326 e. The van der Waals surface area contributed by atoms with Crippen LogP contribution >= 0.6 is 0 Å². The zero-order valence-electron chi connectivity index (χ0n) is 15.2. The van der Waals surface area contributed by atoms with Gasteiger partial charge in [-0.25, -0.2) is 8.42 Å². The molecule has 0 spiro atoms. The van der Waals surface area contributed by atoms with E-state index in [1.165, 1.54) is 29.0 Å². The third kappa shape index (κ3) is 6.76. The number of anilines is 1. The Labute approximate surface area is 151 Å². The summed E-state index contributed by atoms with van der Waals surface area (Å²) < 4.78 is 24.5. The second-order valence-corrected chi connectivity index (χ2v) is 8.58. The molecule has 0 saturated carbocycles. The maximum absolute atomic E-state index is 12.1. The van der Waals surface area contributed by atoms with E-state index in [2.05, 4.69) is 29.3 Å². The number of carbonyl (C=O) groups is 1. The van der Waals surface area contributed by atoms with E-state index in [4.69, 9.17) is 0 Å². The first-order valence-electron chi connectivity index (χ1n) is 8.94. The standard InChI is InChI=1S/C18H29N3O3S/c1-3-4-5-16-6-8-17(9-7-16)19-18(22)10-11-20-12-14-21(15-13-20)25(2,23)24/h6-9H,3-5,10-15H2,1-2H3,(H,19,22). The van der Waals surface area contributed by atoms with Gasteiger partial charge in [-0.2, -0.15) is 4.31 Å². The van der Waals surface area contributed by atoms with Crippen molar-refractivity contribution in [3.63, 3.8) is 0 Å². The van der Waals surface area contributed by atoms with Crippen LogP contribution in [0.15, 0.2) is 24.3 Å². The van der Waals surface area contributed by atoms with Crippen LogP contribution in [0.5, 0.6) is 0 Å². The fourth-order valence-electron chi connectivity index (χ4n) is 2.90. The number of rotatable bonds is 8. The number of aryl methyl sites for hydroxylation is 1. The summed E-state index contributed by atoms with van der Waals surface area (Å²) in [5.41, 5.74) is 2.12. The molecule has 1 aliphatic rings. The zero-order valence-corrected chi connectivity index (χ0v) is 16.0. The molecule has 0 bridgehead atoms. The minimum atomic E-state index is -3.10. The fraction of sp³-hybridized carbons (Fsp3) is 0.611. The molecule has 0 unspecified atom stereocenters. The summed E-state index contributed by atoms with van der Waals surface area (Å²) >= 11 is 0. The summed E-state index contributed by atoms with van der Waals surface area (Å²) in [6.07, 6.45) is 5.08. The number of nitrogens with zero attached hydrogens (tertiary/aromatic N) is 2. The maximum atomic E-state index is 12.1. The van der Waals surface area contributed by atoms with Crippen LogP contribution < -0.4 is 5.32 Å². The Morgan fingerprint density at radius 2 is 1.76 bits per heavy atom. The van der Waals surface area contributed by atoms with Crippen LogP contribution in [0.1, 0.15) is 31.7 Å². The van der Waals surface area contributed by atoms with E-state index >= 15 is 0 Å². The largest absolute Gasteiger partial charge is 0.326 e. The molecule has 0 radical (unpaired) electrons. The van der Waals surface area contributed by atoms with Crippen molar-refractivity contribution >= 4 is 21.6 Å². The van der Waals surface area contributed by atoms with Gasteiger partial charge in [-0.05, 0) is 30.5 Å². The highest BCUT2D eigenvalue weighted by molar-refractivity contribution is 7.88. The van der Waals surface area contributed by atoms with E-state index in [-0.39, 0.29) is 5.91 Å². The van der Waals surface area contributed by atoms with Crippen molar-refractivity contribution < 1.29 is 13.2 Å². The number of hydrogen-bond acceptors (Lipinski definition) is 4. The van der Waals surface area contributed by atoms with Gasteiger partial charge >= 0.3 is 0 Å². The van der Waals surface area contributed by atoms with Crippen molar-refractivity contribution in [2.75, 3.05) is 44.3 Å². The molecule has 25 heavy (non-hydrogen) atoms. The summed E-state index contributed by atoms with van der Waals surface area (Å²) in [5, 5.41) is 2.93. The van der Waals surface area contributed by atoms with Crippen LogP contribution in [0.3, 0.4) is 0 Å². The number of unbranched alkanes of at least 4 members (excludes halogenated alkanes) is 1. The molecular formula is C18H29N3O3S. The molecule has 1 saturated heterocycles. The van der Waals surface area contributed by atoms with Crippen LogP contribution in [0.25, 0.3) is 0 Å². The van der Waals surface area contributed by atoms with Crippen LogP contribution in [0, 0.1) is 0 Å². The molecule has 1 N–H and O–H groups in total. The normalized spacial score (nSPS) is 16.7. The van der Waals surface area contributed by atoms with Gasteiger partial charge in [0.05, 0.1) is 6.26 Å². The van der Waals surface area contributed by atoms with E-state index in [1.54, 1.807) is 0 Å². The number of piperazine rings is 1. The van der Waals surface area contributed by atoms with E-state index in [1.807, 2.05) is 12.1 Å². The lowest BCUT2D eigenvalue weighted by Crippen LogP contribution is -2.48. The SMILES string of the molecule is CCCCc1ccc(NC(=O)CCN2CCN(S(C)(=O)=O)CC2)cc1. The highest BCUT2D eigenvalue weighted by Crippen LogP contribution is 2.12. The monoisotopic (exact) mass is 367 g/mol. The molecule has 1 aromatic carbocycles. The molecule has 0 aliphatic carbocycles. The number of nitrogens with one attached hydrogen (secondary N) is 1. The number of benzene rings is 1. The van der Waals surface area contributed by atoms with Crippen molar-refractivity contribution in [1.29, 1.82) is 0 Å². The molecule has 140 valence electrons. The Kier molecular flexibility index (Phi) is 7.40. The lowest BCUT2D eigenvalue weighted by molar-refractivity contribution is -0.116. The second kappa shape index (κ2) is 9.31. The lowest BCUT2D eigenvalue weighted by Gasteiger charge is -2.33. The molecule has 1 amide bonds. The predicted molar refractivity (Wildman–Crippen MR) is 101 cm³/mol. The molecule has 1 aromatic rings. The van der Waals surface area contributed by atoms with E-state index < -0.39 is 10.0 Å². The van der Waals surface area contributed by atoms with Gasteiger partial charge in [0.1, 0.15) is 0 Å². The highest BCUT2D eigenvalue weighted by Gasteiger charge is 2.23. The Morgan fingerprint density at radius 3 is 2.32 bits per heavy atom. The second-order valence-electron chi connectivity index (χ2n) is 6.60. The van der Waals surface area contributed by atoms with Crippen molar-refractivity contribution in [2.45, 2.75) is 32.6 Å². The number of hydrogen-bond donors (Lipinski definition) is 1. The Morgan fingerprint density at radius 1 is 1.12 bits per heavy atom. The summed E-state index contributed by atoms with van der Waals surface area (Å²) in [6.45, 7) is 5.17. The summed E-state index contributed by atoms with van der Waals surface area (Å²) in [5.74, 6) is -0.00755. The van der Waals surface area contributed by atoms with Gasteiger partial charge < -0.3 is 10.2 Å². The molecule has 7 heteroatoms. The predicted octanol–water partition coefficient (Wildman–Crippen LogP) is 1.94. The van der Waals surface area contributed by atoms with Crippen molar-refractivity contribution in [1.82, 2.24) is 9.21 Å². The third-order valence-electron chi connectivity index (χ3n) is 4.51. The van der Waals surface area contributed by atoms with Gasteiger partial charge in [0.25, 0.3) is 0 Å². The average Bonchev–Trinajstić information content (AvgIpc) is 2.59. The first kappa shape index (κ1) is 19.9. The molecule has 0 aromatic heterocycles. The van der Waals surface area contributed by atoms with Crippen LogP contribution in [-0.4, -0.2) is 62.5 Å². The van der Waals surface area contributed by atoms with E-state index in [0.29, 0.717) is 39.1 Å². The Hall–Kier alpha value is -1.44. The van der Waals surface area contributed by atoms with Crippen LogP contribution in [0.2, 0.25) is 0 Å². The minimum absolute atomic E-state index is 0.00755. The molecule has 2 rings (SSSR count). The van der Waals surface area contributed by atoms with Crippen LogP contribution in [-0.2, 0) is 21.2 Å². The van der Waals surface area contributed by atoms with Gasteiger partial charge in [0.2, 0.25) is 15.9 Å². The number of sulfonamides is 1. The quantitative estimate of drug-likeness (QED) is 0.762. The molecule has 6 nitrogen and oxygen atoms in total. The summed E-state index contributed by atoms with van der Waals surface area (Å²) in [7, 11) is -3.10. The zero-order chi connectivity index (χ0) is 18.3. The lowest BCUT2D eigenvalue weighted by atomic mass is 10.1. The van der Waals surface area contributed by atoms with Crippen LogP contribution in [0.4, 0.5) is 5.69 Å². The van der Waals surface area contributed by atoms with Crippen molar-refractivity contribution in [3.05, 3.63) is 29.8 Å². The van der Waals surface area contributed by atoms with E-state index in [9.17, 15) is 13.2 Å². The molecule has 1 aliphatic heterocycles. The topological polar surface area (TPSA) is 69.7 Å². The summed E-state index contributed by atoms with van der Waals surface area (Å²) in [6, 6.07) is 8.03. The Balaban J connectivity index is 1.71. The Bertz CT molecular complexity index is 651. The molecule has 1 heterocycles. The van der Waals surface area contributed by atoms with Crippen molar-refractivity contribution in [2.24, 2.45) is 0 Å². The van der Waals surface area contributed by atoms with Gasteiger partial charge in [-0.1, -0.05) is 25.5 Å². The number of amides is 1. The van der Waals surface area contributed by atoms with Gasteiger partial charge in [-0.3, -0.25) is 4.79 Å².